The van der Waals surface area contributed by atoms with Gasteiger partial charge in [-0.2, -0.15) is 0 Å². The van der Waals surface area contributed by atoms with Crippen molar-refractivity contribution in [2.45, 2.75) is 44.9 Å². The van der Waals surface area contributed by atoms with Crippen LogP contribution in [-0.2, 0) is 0 Å². The lowest BCUT2D eigenvalue weighted by Gasteiger charge is -2.10. The van der Waals surface area contributed by atoms with Crippen molar-refractivity contribution in [1.29, 1.82) is 0 Å². The minimum Gasteiger partial charge on any atom is -0.100 e. The Bertz CT molecular complexity index is 156. The van der Waals surface area contributed by atoms with Gasteiger partial charge < -0.3 is 0 Å². The van der Waals surface area contributed by atoms with Crippen molar-refractivity contribution in [1.82, 2.24) is 0 Å². The summed E-state index contributed by atoms with van der Waals surface area (Å²) in [6.07, 6.45) is 2.27. The van der Waals surface area contributed by atoms with Gasteiger partial charge in [-0.15, -0.1) is 23.2 Å². The van der Waals surface area contributed by atoms with Gasteiger partial charge in [0.1, 0.15) is 4.33 Å². The molecule has 2 heteroatoms. The van der Waals surface area contributed by atoms with Gasteiger partial charge in [-0.1, -0.05) is 34.1 Å². The molecule has 0 radical (unpaired) electrons. The molecule has 1 atom stereocenters. The Kier molecular flexibility index (Phi) is 2.01. The summed E-state index contributed by atoms with van der Waals surface area (Å²) in [5, 5.41) is 0. The second-order valence-corrected chi connectivity index (χ2v) is 5.61. The third-order valence-corrected chi connectivity index (χ3v) is 5.32. The highest BCUT2D eigenvalue weighted by molar-refractivity contribution is 6.52. The third kappa shape index (κ3) is 0.890. The van der Waals surface area contributed by atoms with Crippen molar-refractivity contribution < 1.29 is 0 Å². The molecule has 0 bridgehead atoms. The molecule has 0 aliphatic heterocycles. The maximum absolute atomic E-state index is 6.18. The zero-order chi connectivity index (χ0) is 8.91. The van der Waals surface area contributed by atoms with Gasteiger partial charge in [-0.25, -0.2) is 0 Å². The predicted octanol–water partition coefficient (Wildman–Crippen LogP) is 4.01. The first kappa shape index (κ1) is 9.67. The molecule has 0 N–H and O–H groups in total. The summed E-state index contributed by atoms with van der Waals surface area (Å²) in [6.45, 7) is 8.63. The van der Waals surface area contributed by atoms with E-state index < -0.39 is 4.33 Å². The molecule has 0 heterocycles. The van der Waals surface area contributed by atoms with E-state index in [2.05, 4.69) is 27.7 Å². The van der Waals surface area contributed by atoms with Gasteiger partial charge in [0, 0.05) is 10.8 Å². The molecule has 1 rings (SSSR count). The van der Waals surface area contributed by atoms with Gasteiger partial charge in [0.25, 0.3) is 0 Å². The normalized spacial score (nSPS) is 38.7. The Balaban J connectivity index is 2.78. The SMILES string of the molecule is CCCC1(C)C(C)(C)C1(Cl)Cl. The van der Waals surface area contributed by atoms with Crippen LogP contribution in [0.4, 0.5) is 0 Å². The highest BCUT2D eigenvalue weighted by Crippen LogP contribution is 2.79. The lowest BCUT2D eigenvalue weighted by molar-refractivity contribution is 0.386. The molecule has 0 aromatic carbocycles. The first-order chi connectivity index (χ1) is 4.81. The predicted molar refractivity (Wildman–Crippen MR) is 51.2 cm³/mol. The standard InChI is InChI=1S/C9H16Cl2/c1-5-6-8(4)7(2,3)9(8,10)11/h5-6H2,1-4H3. The Morgan fingerprint density at radius 2 is 1.45 bits per heavy atom. The number of hydrogen-bond acceptors (Lipinski definition) is 0. The fourth-order valence-corrected chi connectivity index (χ4v) is 3.01. The Morgan fingerprint density at radius 3 is 1.55 bits per heavy atom. The maximum Gasteiger partial charge on any atom is 0.129 e. The molecule has 1 unspecified atom stereocenters. The fraction of sp³-hybridized carbons (Fsp3) is 1.00. The molecule has 0 aromatic heterocycles. The van der Waals surface area contributed by atoms with Crippen LogP contribution in [0.5, 0.6) is 0 Å². The van der Waals surface area contributed by atoms with E-state index in [-0.39, 0.29) is 10.8 Å². The Hall–Kier alpha value is 0.580. The smallest absolute Gasteiger partial charge is 0.100 e. The van der Waals surface area contributed by atoms with Crippen molar-refractivity contribution in [2.24, 2.45) is 10.8 Å². The van der Waals surface area contributed by atoms with E-state index in [4.69, 9.17) is 23.2 Å². The molecule has 0 nitrogen and oxygen atoms in total. The van der Waals surface area contributed by atoms with Crippen molar-refractivity contribution >= 4 is 23.2 Å². The quantitative estimate of drug-likeness (QED) is 0.584. The molecule has 66 valence electrons. The van der Waals surface area contributed by atoms with E-state index in [1.54, 1.807) is 0 Å². The summed E-state index contributed by atoms with van der Waals surface area (Å²) in [4.78, 5) is 0. The van der Waals surface area contributed by atoms with Crippen molar-refractivity contribution in [3.8, 4) is 0 Å². The average molecular weight is 195 g/mol. The molecule has 1 saturated carbocycles. The van der Waals surface area contributed by atoms with Crippen molar-refractivity contribution in [2.75, 3.05) is 0 Å². The minimum absolute atomic E-state index is 0.0825. The second kappa shape index (κ2) is 2.29. The zero-order valence-electron chi connectivity index (χ0n) is 7.67. The largest absolute Gasteiger partial charge is 0.129 e. The van der Waals surface area contributed by atoms with E-state index in [0.717, 1.165) is 12.8 Å². The van der Waals surface area contributed by atoms with Crippen LogP contribution in [0.25, 0.3) is 0 Å². The lowest BCUT2D eigenvalue weighted by atomic mass is 9.93. The Morgan fingerprint density at radius 1 is 1.09 bits per heavy atom. The Labute approximate surface area is 79.3 Å². The summed E-state index contributed by atoms with van der Waals surface area (Å²) in [7, 11) is 0. The molecule has 1 fully saturated rings. The van der Waals surface area contributed by atoms with Gasteiger partial charge >= 0.3 is 0 Å². The summed E-state index contributed by atoms with van der Waals surface area (Å²) in [6, 6.07) is 0. The van der Waals surface area contributed by atoms with Crippen molar-refractivity contribution in [3.63, 3.8) is 0 Å². The third-order valence-electron chi connectivity index (χ3n) is 3.54. The van der Waals surface area contributed by atoms with Crippen LogP contribution in [-0.4, -0.2) is 4.33 Å². The average Bonchev–Trinajstić information content (AvgIpc) is 2.12. The summed E-state index contributed by atoms with van der Waals surface area (Å²) < 4.78 is -0.504. The van der Waals surface area contributed by atoms with Gasteiger partial charge in [-0.05, 0) is 6.42 Å². The summed E-state index contributed by atoms with van der Waals surface area (Å²) in [5.74, 6) is 0. The summed E-state index contributed by atoms with van der Waals surface area (Å²) in [5.41, 5.74) is 0.205. The molecule has 11 heavy (non-hydrogen) atoms. The molecule has 1 aliphatic rings. The topological polar surface area (TPSA) is 0 Å². The highest BCUT2D eigenvalue weighted by Gasteiger charge is 2.78. The molecule has 0 amide bonds. The second-order valence-electron chi connectivity index (χ2n) is 4.28. The van der Waals surface area contributed by atoms with Crippen LogP contribution in [0, 0.1) is 10.8 Å². The van der Waals surface area contributed by atoms with Crippen molar-refractivity contribution in [3.05, 3.63) is 0 Å². The molecule has 0 spiro atoms. The number of rotatable bonds is 2. The van der Waals surface area contributed by atoms with Gasteiger partial charge in [-0.3, -0.25) is 0 Å². The molecular weight excluding hydrogens is 179 g/mol. The van der Waals surface area contributed by atoms with Crippen LogP contribution in [0.15, 0.2) is 0 Å². The summed E-state index contributed by atoms with van der Waals surface area (Å²) >= 11 is 12.4. The monoisotopic (exact) mass is 194 g/mol. The first-order valence-corrected chi connectivity index (χ1v) is 4.94. The van der Waals surface area contributed by atoms with Gasteiger partial charge in [0.05, 0.1) is 0 Å². The van der Waals surface area contributed by atoms with Crippen LogP contribution in [0.3, 0.4) is 0 Å². The highest BCUT2D eigenvalue weighted by atomic mass is 35.5. The van der Waals surface area contributed by atoms with E-state index in [0.29, 0.717) is 0 Å². The van der Waals surface area contributed by atoms with Gasteiger partial charge in [0.2, 0.25) is 0 Å². The molecule has 0 saturated heterocycles. The molecule has 1 aliphatic carbocycles. The zero-order valence-corrected chi connectivity index (χ0v) is 9.18. The van der Waals surface area contributed by atoms with Gasteiger partial charge in [0.15, 0.2) is 0 Å². The fourth-order valence-electron chi connectivity index (χ4n) is 2.03. The minimum atomic E-state index is -0.504. The maximum atomic E-state index is 6.18. The molecular formula is C9H16Cl2. The van der Waals surface area contributed by atoms with Crippen LogP contribution in [0.1, 0.15) is 40.5 Å². The van der Waals surface area contributed by atoms with Crippen LogP contribution < -0.4 is 0 Å². The number of hydrogen-bond donors (Lipinski definition) is 0. The number of halogens is 2. The van der Waals surface area contributed by atoms with E-state index in [1.165, 1.54) is 0 Å². The van der Waals surface area contributed by atoms with E-state index in [1.807, 2.05) is 0 Å². The first-order valence-electron chi connectivity index (χ1n) is 4.19. The number of alkyl halides is 2. The molecule has 0 aromatic rings. The van der Waals surface area contributed by atoms with Crippen LogP contribution >= 0.6 is 23.2 Å². The van der Waals surface area contributed by atoms with Crippen LogP contribution in [0.2, 0.25) is 0 Å². The lowest BCUT2D eigenvalue weighted by Crippen LogP contribution is -2.03. The van der Waals surface area contributed by atoms with E-state index in [9.17, 15) is 0 Å². The van der Waals surface area contributed by atoms with E-state index >= 15 is 0 Å².